The van der Waals surface area contributed by atoms with E-state index in [0.29, 0.717) is 5.92 Å². The van der Waals surface area contributed by atoms with Crippen LogP contribution in [0.4, 0.5) is 0 Å². The van der Waals surface area contributed by atoms with Crippen LogP contribution in [0.5, 0.6) is 0 Å². The van der Waals surface area contributed by atoms with Crippen molar-refractivity contribution in [3.05, 3.63) is 157 Å². The molecule has 0 spiro atoms. The van der Waals surface area contributed by atoms with E-state index in [9.17, 15) is 0 Å². The number of hydrogen-bond acceptors (Lipinski definition) is 3. The number of aromatic nitrogens is 2. The van der Waals surface area contributed by atoms with Crippen molar-refractivity contribution in [1.29, 1.82) is 0 Å². The van der Waals surface area contributed by atoms with E-state index in [0.717, 1.165) is 55.9 Å². The maximum absolute atomic E-state index is 7.23. The van der Waals surface area contributed by atoms with Crippen LogP contribution in [0.15, 0.2) is 138 Å². The predicted octanol–water partition coefficient (Wildman–Crippen LogP) is 10.6. The van der Waals surface area contributed by atoms with Gasteiger partial charge < -0.3 is 14.4 Å². The second kappa shape index (κ2) is 14.2. The Morgan fingerprint density at radius 3 is 2.14 bits per heavy atom. The summed E-state index contributed by atoms with van der Waals surface area (Å²) in [6.07, 6.45) is 3.27. The van der Waals surface area contributed by atoms with E-state index in [2.05, 4.69) is 96.6 Å². The number of nitrogens with zero attached hydrogens (tertiary/aromatic N) is 2. The average Bonchev–Trinajstić information content (AvgIpc) is 3.54. The molecule has 44 heavy (non-hydrogen) atoms. The number of fused-ring (bicyclic) bond motifs is 1. The smallest absolute Gasteiger partial charge is 0.123 e. The fraction of sp³-hybridized carbons (Fsp3) is 0.100. The van der Waals surface area contributed by atoms with Gasteiger partial charge in [0, 0.05) is 42.2 Å². The molecule has 7 rings (SSSR count). The molecule has 0 amide bonds. The molecule has 4 heteroatoms. The van der Waals surface area contributed by atoms with Gasteiger partial charge in [-0.25, -0.2) is 0 Å². The first-order valence-electron chi connectivity index (χ1n) is 15.8. The van der Waals surface area contributed by atoms with Crippen molar-refractivity contribution in [1.82, 2.24) is 9.97 Å². The van der Waals surface area contributed by atoms with Gasteiger partial charge in [-0.05, 0) is 47.4 Å². The van der Waals surface area contributed by atoms with E-state index in [1.807, 2.05) is 48.7 Å². The van der Waals surface area contributed by atoms with Gasteiger partial charge in [-0.1, -0.05) is 115 Å². The molecule has 0 fully saturated rings. The molecule has 0 atom stereocenters. The zero-order valence-corrected chi connectivity index (χ0v) is 26.8. The van der Waals surface area contributed by atoms with Crippen molar-refractivity contribution in [3.63, 3.8) is 0 Å². The van der Waals surface area contributed by atoms with Gasteiger partial charge >= 0.3 is 0 Å². The first-order valence-corrected chi connectivity index (χ1v) is 14.3. The summed E-state index contributed by atoms with van der Waals surface area (Å²) in [6, 6.07) is 46.4. The molecule has 0 unspecified atom stereocenters. The van der Waals surface area contributed by atoms with Gasteiger partial charge in [0.2, 0.25) is 0 Å². The minimum absolute atomic E-state index is 0. The number of furan rings is 1. The number of aryl methyl sites for hydroxylation is 1. The summed E-state index contributed by atoms with van der Waals surface area (Å²) < 4.78 is 28.0. The van der Waals surface area contributed by atoms with Crippen molar-refractivity contribution in [2.24, 2.45) is 0 Å². The fourth-order valence-electron chi connectivity index (χ4n) is 4.86. The van der Waals surface area contributed by atoms with Crippen molar-refractivity contribution in [2.45, 2.75) is 26.6 Å². The van der Waals surface area contributed by atoms with E-state index in [-0.39, 0.29) is 25.7 Å². The number of rotatable bonds is 5. The molecule has 0 bridgehead atoms. The maximum Gasteiger partial charge on any atom is 0.123 e. The number of benzene rings is 4. The molecule has 0 aliphatic rings. The van der Waals surface area contributed by atoms with Gasteiger partial charge in [0.25, 0.3) is 0 Å². The second-order valence-corrected chi connectivity index (χ2v) is 10.5. The summed E-state index contributed by atoms with van der Waals surface area (Å²) in [5, 5.41) is 1.06. The topological polar surface area (TPSA) is 38.9 Å². The van der Waals surface area contributed by atoms with Gasteiger partial charge in [-0.15, -0.1) is 47.5 Å². The first kappa shape index (κ1) is 27.0. The van der Waals surface area contributed by atoms with E-state index in [1.165, 1.54) is 11.8 Å². The normalized spacial score (nSPS) is 11.9. The second-order valence-electron chi connectivity index (χ2n) is 10.5. The molecule has 1 radical (unpaired) electrons. The molecule has 0 saturated heterocycles. The van der Waals surface area contributed by atoms with Crippen LogP contribution in [0.1, 0.15) is 35.0 Å². The summed E-state index contributed by atoms with van der Waals surface area (Å²) in [5.74, 6) is 1.29. The summed E-state index contributed by atoms with van der Waals surface area (Å²) in [7, 11) is 0. The Morgan fingerprint density at radius 1 is 0.727 bits per heavy atom. The van der Waals surface area contributed by atoms with Crippen LogP contribution < -0.4 is 0 Å². The van der Waals surface area contributed by atoms with Gasteiger partial charge in [0.15, 0.2) is 0 Å². The Labute approximate surface area is 277 Å². The van der Waals surface area contributed by atoms with E-state index in [4.69, 9.17) is 8.53 Å². The van der Waals surface area contributed by atoms with Crippen LogP contribution in [0.2, 0.25) is 0 Å². The van der Waals surface area contributed by atoms with Gasteiger partial charge in [0.1, 0.15) is 5.76 Å². The Hall–Kier alpha value is -4.63. The third-order valence-corrected chi connectivity index (χ3v) is 7.18. The molecule has 0 N–H and O–H groups in total. The summed E-state index contributed by atoms with van der Waals surface area (Å²) >= 11 is 0. The summed E-state index contributed by atoms with van der Waals surface area (Å²) in [6.45, 7) is 2.30. The SMILES string of the molecule is CC(C)c1ccnc(-c2[c-]c3oc(-c4ccccc4)cc3c(-c3ccccc3)c2)c1.[2H]C([2H])([2H])c1ccc(-c2[c-]cccc2)nc1.[Ir]. The third kappa shape index (κ3) is 7.11. The van der Waals surface area contributed by atoms with Crippen LogP contribution in [0.3, 0.4) is 0 Å². The van der Waals surface area contributed by atoms with Crippen molar-refractivity contribution >= 4 is 11.0 Å². The predicted molar refractivity (Wildman–Crippen MR) is 176 cm³/mol. The van der Waals surface area contributed by atoms with Gasteiger partial charge in [-0.3, -0.25) is 0 Å². The molecule has 219 valence electrons. The van der Waals surface area contributed by atoms with Gasteiger partial charge in [0.05, 0.1) is 5.58 Å². The summed E-state index contributed by atoms with van der Waals surface area (Å²) in [4.78, 5) is 8.75. The average molecular weight is 752 g/mol. The largest absolute Gasteiger partial charge is 0.477 e. The van der Waals surface area contributed by atoms with Gasteiger partial charge in [-0.2, -0.15) is 0 Å². The van der Waals surface area contributed by atoms with Crippen LogP contribution in [0.25, 0.3) is 55.9 Å². The Morgan fingerprint density at radius 2 is 1.48 bits per heavy atom. The Kier molecular flexibility index (Phi) is 8.72. The molecule has 0 aliphatic carbocycles. The molecule has 7 aromatic rings. The monoisotopic (exact) mass is 752 g/mol. The minimum Gasteiger partial charge on any atom is -0.477 e. The van der Waals surface area contributed by atoms with Crippen LogP contribution >= 0.6 is 0 Å². The van der Waals surface area contributed by atoms with Crippen molar-refractivity contribution in [2.75, 3.05) is 0 Å². The summed E-state index contributed by atoms with van der Waals surface area (Å²) in [5.41, 5.74) is 9.06. The van der Waals surface area contributed by atoms with E-state index < -0.39 is 6.85 Å². The van der Waals surface area contributed by atoms with Crippen molar-refractivity contribution in [3.8, 4) is 45.0 Å². The molecule has 3 aromatic heterocycles. The standard InChI is InChI=1S/C28H22NO.C12H10N.Ir/c1-19(2)22-13-14-29-26(16-22)23-15-24(20-9-5-3-6-10-20)25-18-27(30-28(25)17-23)21-11-7-4-8-12-21;1-10-7-8-12(13-9-10)11-5-3-2-4-6-11;/h3-16,18-19H,1-2H3;2-5,7-9H,1H3;/q2*-1;/i;1D3;. The molecule has 3 heterocycles. The van der Waals surface area contributed by atoms with Crippen LogP contribution in [-0.2, 0) is 20.1 Å². The zero-order valence-electron chi connectivity index (χ0n) is 27.4. The molecule has 0 aliphatic heterocycles. The molecular weight excluding hydrogens is 717 g/mol. The number of pyridine rings is 2. The van der Waals surface area contributed by atoms with Crippen LogP contribution in [0, 0.1) is 19.0 Å². The number of hydrogen-bond donors (Lipinski definition) is 0. The first-order chi connectivity index (χ1) is 22.3. The molecule has 4 aromatic carbocycles. The quantitative estimate of drug-likeness (QED) is 0.164. The molecule has 0 saturated carbocycles. The minimum atomic E-state index is -2.09. The Balaban J connectivity index is 0.000000217. The maximum atomic E-state index is 7.23. The van der Waals surface area contributed by atoms with Crippen molar-refractivity contribution < 1.29 is 28.6 Å². The zero-order chi connectivity index (χ0) is 32.1. The van der Waals surface area contributed by atoms with Crippen LogP contribution in [-0.4, -0.2) is 9.97 Å². The third-order valence-electron chi connectivity index (χ3n) is 7.18. The molecule has 3 nitrogen and oxygen atoms in total. The van der Waals surface area contributed by atoms with E-state index >= 15 is 0 Å². The fourth-order valence-corrected chi connectivity index (χ4v) is 4.86. The Bertz CT molecular complexity index is 2040. The molecular formula is C40H32IrN2O-2. The van der Waals surface area contributed by atoms with E-state index in [1.54, 1.807) is 18.2 Å².